The summed E-state index contributed by atoms with van der Waals surface area (Å²) in [5, 5.41) is 21.8. The van der Waals surface area contributed by atoms with Crippen LogP contribution in [0.1, 0.15) is 45.0 Å². The van der Waals surface area contributed by atoms with Crippen molar-refractivity contribution < 1.29 is 19.5 Å². The number of fused-ring (bicyclic) bond motifs is 1. The van der Waals surface area contributed by atoms with Crippen LogP contribution in [0.3, 0.4) is 0 Å². The molecule has 10 heteroatoms. The molecule has 3 rings (SSSR count). The van der Waals surface area contributed by atoms with E-state index >= 15 is 0 Å². The lowest BCUT2D eigenvalue weighted by Crippen LogP contribution is -2.30. The van der Waals surface area contributed by atoms with Gasteiger partial charge in [0.05, 0.1) is 11.8 Å². The maximum absolute atomic E-state index is 12.6. The third kappa shape index (κ3) is 2.96. The lowest BCUT2D eigenvalue weighted by molar-refractivity contribution is -0.145. The van der Waals surface area contributed by atoms with E-state index in [0.717, 1.165) is 11.1 Å². The molecule has 10 nitrogen and oxygen atoms in total. The summed E-state index contributed by atoms with van der Waals surface area (Å²) in [5.74, 6) is -0.381. The minimum Gasteiger partial charge on any atom is -0.463 e. The van der Waals surface area contributed by atoms with E-state index in [1.807, 2.05) is 6.92 Å². The number of hydrogen-bond donors (Lipinski definition) is 1. The molecule has 1 saturated heterocycles. The van der Waals surface area contributed by atoms with Gasteiger partial charge in [-0.1, -0.05) is 23.4 Å². The van der Waals surface area contributed by atoms with Gasteiger partial charge in [0, 0.05) is 6.92 Å². The molecule has 130 valence electrons. The summed E-state index contributed by atoms with van der Waals surface area (Å²) in [7, 11) is 0. The number of carbonyl (C=O) groups excluding carboxylic acids is 1. The first kappa shape index (κ1) is 16.4. The number of nitrogens with zero attached hydrogens (tertiary/aromatic N) is 5. The molecule has 2 aromatic rings. The van der Waals surface area contributed by atoms with E-state index < -0.39 is 11.8 Å². The maximum Gasteiger partial charge on any atom is 0.302 e. The molecule has 0 bridgehead atoms. The molecule has 0 saturated carbocycles. The summed E-state index contributed by atoms with van der Waals surface area (Å²) in [5.41, 5.74) is 0.304. The standard InChI is InChI=1S/C14H19N5O5/c1-3-4-10-12-13(19(22)16-10)14(21)18(17-15-12)11-6-5-9(24-11)7-23-8(2)20/h9,11,22H,3-7H2,1-2H3. The molecule has 1 aliphatic heterocycles. The van der Waals surface area contributed by atoms with Crippen LogP contribution in [0.5, 0.6) is 0 Å². The molecular weight excluding hydrogens is 318 g/mol. The van der Waals surface area contributed by atoms with E-state index in [2.05, 4.69) is 15.4 Å². The molecule has 2 atom stereocenters. The van der Waals surface area contributed by atoms with Gasteiger partial charge in [0.15, 0.2) is 11.7 Å². The molecule has 0 radical (unpaired) electrons. The second-order valence-electron chi connectivity index (χ2n) is 5.72. The topological polar surface area (TPSA) is 121 Å². The molecule has 1 fully saturated rings. The van der Waals surface area contributed by atoms with Crippen molar-refractivity contribution in [1.82, 2.24) is 24.9 Å². The number of carbonyl (C=O) groups is 1. The van der Waals surface area contributed by atoms with E-state index in [4.69, 9.17) is 9.47 Å². The number of ether oxygens (including phenoxy) is 2. The lowest BCUT2D eigenvalue weighted by atomic mass is 10.2. The Morgan fingerprint density at radius 1 is 1.46 bits per heavy atom. The predicted octanol–water partition coefficient (Wildman–Crippen LogP) is 0.418. The fraction of sp³-hybridized carbons (Fsp3) is 0.643. The van der Waals surface area contributed by atoms with Crippen molar-refractivity contribution in [3.05, 3.63) is 16.0 Å². The lowest BCUT2D eigenvalue weighted by Gasteiger charge is -2.14. The van der Waals surface area contributed by atoms with Crippen molar-refractivity contribution in [3.8, 4) is 0 Å². The summed E-state index contributed by atoms with van der Waals surface area (Å²) in [6.45, 7) is 3.42. The Morgan fingerprint density at radius 2 is 2.25 bits per heavy atom. The smallest absolute Gasteiger partial charge is 0.302 e. The van der Waals surface area contributed by atoms with E-state index in [-0.39, 0.29) is 24.2 Å². The minimum absolute atomic E-state index is 0.0134. The second-order valence-corrected chi connectivity index (χ2v) is 5.72. The van der Waals surface area contributed by atoms with Crippen LogP contribution >= 0.6 is 0 Å². The van der Waals surface area contributed by atoms with E-state index in [0.29, 0.717) is 35.3 Å². The Bertz CT molecular complexity index is 814. The molecule has 0 spiro atoms. The molecular formula is C14H19N5O5. The van der Waals surface area contributed by atoms with Crippen LogP contribution in [0, 0.1) is 0 Å². The number of esters is 1. The van der Waals surface area contributed by atoms with Gasteiger partial charge in [-0.25, -0.2) is 0 Å². The SMILES string of the molecule is CCCc1nn(O)c2c(=O)n(C3CCC(COC(C)=O)O3)nnc12. The molecule has 0 aromatic carbocycles. The first-order valence-electron chi connectivity index (χ1n) is 7.86. The van der Waals surface area contributed by atoms with Crippen molar-refractivity contribution in [2.45, 2.75) is 51.9 Å². The molecule has 1 N–H and O–H groups in total. The van der Waals surface area contributed by atoms with Gasteiger partial charge in [-0.3, -0.25) is 9.59 Å². The fourth-order valence-corrected chi connectivity index (χ4v) is 2.77. The molecule has 0 aliphatic carbocycles. The van der Waals surface area contributed by atoms with Gasteiger partial charge in [-0.2, -0.15) is 4.68 Å². The first-order valence-corrected chi connectivity index (χ1v) is 7.86. The third-order valence-corrected chi connectivity index (χ3v) is 3.88. The van der Waals surface area contributed by atoms with E-state index in [1.165, 1.54) is 6.92 Å². The van der Waals surface area contributed by atoms with Gasteiger partial charge >= 0.3 is 11.5 Å². The zero-order valence-corrected chi connectivity index (χ0v) is 13.5. The maximum atomic E-state index is 12.6. The third-order valence-electron chi connectivity index (χ3n) is 3.88. The summed E-state index contributed by atoms with van der Waals surface area (Å²) in [4.78, 5) is 24.0. The van der Waals surface area contributed by atoms with Gasteiger partial charge in [-0.15, -0.1) is 10.2 Å². The highest BCUT2D eigenvalue weighted by molar-refractivity contribution is 5.75. The summed E-state index contributed by atoms with van der Waals surface area (Å²) >= 11 is 0. The Balaban J connectivity index is 1.86. The zero-order valence-electron chi connectivity index (χ0n) is 13.5. The summed E-state index contributed by atoms with van der Waals surface area (Å²) in [6, 6.07) is 0. The Kier molecular flexibility index (Phi) is 4.47. The van der Waals surface area contributed by atoms with Crippen molar-refractivity contribution in [2.24, 2.45) is 0 Å². The van der Waals surface area contributed by atoms with Gasteiger partial charge in [0.1, 0.15) is 12.1 Å². The van der Waals surface area contributed by atoms with Crippen molar-refractivity contribution in [1.29, 1.82) is 0 Å². The second kappa shape index (κ2) is 6.56. The van der Waals surface area contributed by atoms with Crippen LogP contribution in [0.15, 0.2) is 4.79 Å². The van der Waals surface area contributed by atoms with Crippen LogP contribution in [0.4, 0.5) is 0 Å². The van der Waals surface area contributed by atoms with Gasteiger partial charge in [0.2, 0.25) is 0 Å². The van der Waals surface area contributed by atoms with Crippen LogP contribution in [0.2, 0.25) is 0 Å². The van der Waals surface area contributed by atoms with Crippen molar-refractivity contribution in [2.75, 3.05) is 6.61 Å². The average Bonchev–Trinajstić information content (AvgIpc) is 3.12. The largest absolute Gasteiger partial charge is 0.463 e. The highest BCUT2D eigenvalue weighted by atomic mass is 16.6. The van der Waals surface area contributed by atoms with Gasteiger partial charge in [-0.05, 0) is 19.3 Å². The Labute approximate surface area is 136 Å². The molecule has 2 aromatic heterocycles. The van der Waals surface area contributed by atoms with Crippen LogP contribution in [0.25, 0.3) is 11.0 Å². The van der Waals surface area contributed by atoms with Gasteiger partial charge < -0.3 is 14.7 Å². The molecule has 3 heterocycles. The Morgan fingerprint density at radius 3 is 2.96 bits per heavy atom. The number of rotatable bonds is 5. The molecule has 2 unspecified atom stereocenters. The zero-order chi connectivity index (χ0) is 17.3. The van der Waals surface area contributed by atoms with Gasteiger partial charge in [0.25, 0.3) is 0 Å². The number of aromatic nitrogens is 5. The monoisotopic (exact) mass is 337 g/mol. The quantitative estimate of drug-likeness (QED) is 0.615. The van der Waals surface area contributed by atoms with Crippen molar-refractivity contribution >= 4 is 17.0 Å². The van der Waals surface area contributed by atoms with Crippen LogP contribution in [-0.4, -0.2) is 48.8 Å². The highest BCUT2D eigenvalue weighted by Crippen LogP contribution is 2.27. The fourth-order valence-electron chi connectivity index (χ4n) is 2.77. The first-order chi connectivity index (χ1) is 11.5. The highest BCUT2D eigenvalue weighted by Gasteiger charge is 2.30. The predicted molar refractivity (Wildman–Crippen MR) is 80.5 cm³/mol. The Hall–Kier alpha value is -2.49. The number of hydrogen-bond acceptors (Lipinski definition) is 8. The van der Waals surface area contributed by atoms with Crippen molar-refractivity contribution in [3.63, 3.8) is 0 Å². The molecule has 0 amide bonds. The molecule has 24 heavy (non-hydrogen) atoms. The van der Waals surface area contributed by atoms with E-state index in [9.17, 15) is 14.8 Å². The molecule has 1 aliphatic rings. The van der Waals surface area contributed by atoms with Crippen LogP contribution in [-0.2, 0) is 20.7 Å². The van der Waals surface area contributed by atoms with Crippen LogP contribution < -0.4 is 5.56 Å². The minimum atomic E-state index is -0.612. The number of aryl methyl sites for hydroxylation is 1. The average molecular weight is 337 g/mol. The summed E-state index contributed by atoms with van der Waals surface area (Å²) in [6.07, 6.45) is 1.65. The summed E-state index contributed by atoms with van der Waals surface area (Å²) < 4.78 is 11.7. The normalized spacial score (nSPS) is 20.6. The van der Waals surface area contributed by atoms with E-state index in [1.54, 1.807) is 0 Å².